The van der Waals surface area contributed by atoms with Crippen LogP contribution in [0.1, 0.15) is 28.9 Å². The monoisotopic (exact) mass is 323 g/mol. The van der Waals surface area contributed by atoms with E-state index in [1.165, 1.54) is 30.3 Å². The zero-order chi connectivity index (χ0) is 16.3. The van der Waals surface area contributed by atoms with Crippen molar-refractivity contribution < 1.29 is 18.8 Å². The summed E-state index contributed by atoms with van der Waals surface area (Å²) in [7, 11) is 0. The number of benzene rings is 2. The number of esters is 1. The highest BCUT2D eigenvalue weighted by atomic mass is 35.5. The first-order valence-electron chi connectivity index (χ1n) is 6.29. The van der Waals surface area contributed by atoms with Crippen molar-refractivity contribution >= 4 is 23.3 Å². The molecule has 0 radical (unpaired) electrons. The summed E-state index contributed by atoms with van der Waals surface area (Å²) in [4.78, 5) is 22.1. The molecular weight excluding hydrogens is 313 g/mol. The standard InChI is InChI=1S/C15H11ClFNO4/c1-9(10-3-2-4-12(7-10)18(20)21)22-15(19)13-6-5-11(16)8-14(13)17/h2-9H,1H3/t9-/m0/s1. The van der Waals surface area contributed by atoms with E-state index in [4.69, 9.17) is 16.3 Å². The lowest BCUT2D eigenvalue weighted by atomic mass is 10.1. The average Bonchev–Trinajstić information content (AvgIpc) is 2.47. The lowest BCUT2D eigenvalue weighted by molar-refractivity contribution is -0.385. The zero-order valence-corrected chi connectivity index (χ0v) is 12.2. The smallest absolute Gasteiger partial charge is 0.341 e. The van der Waals surface area contributed by atoms with Crippen LogP contribution in [0.15, 0.2) is 42.5 Å². The van der Waals surface area contributed by atoms with Gasteiger partial charge in [0.2, 0.25) is 0 Å². The molecule has 7 heteroatoms. The van der Waals surface area contributed by atoms with Gasteiger partial charge in [-0.2, -0.15) is 0 Å². The van der Waals surface area contributed by atoms with Gasteiger partial charge in [0.25, 0.3) is 5.69 Å². The van der Waals surface area contributed by atoms with E-state index in [9.17, 15) is 19.3 Å². The predicted molar refractivity (Wildman–Crippen MR) is 78.3 cm³/mol. The van der Waals surface area contributed by atoms with Crippen LogP contribution in [0.5, 0.6) is 0 Å². The highest BCUT2D eigenvalue weighted by Crippen LogP contribution is 2.24. The number of nitrogens with zero attached hydrogens (tertiary/aromatic N) is 1. The molecule has 0 aromatic heterocycles. The van der Waals surface area contributed by atoms with Crippen LogP contribution in [0.2, 0.25) is 5.02 Å². The third kappa shape index (κ3) is 3.59. The summed E-state index contributed by atoms with van der Waals surface area (Å²) in [6.07, 6.45) is -0.762. The second kappa shape index (κ2) is 6.53. The first-order valence-corrected chi connectivity index (χ1v) is 6.66. The molecule has 114 valence electrons. The van der Waals surface area contributed by atoms with Gasteiger partial charge in [0.15, 0.2) is 0 Å². The van der Waals surface area contributed by atoms with E-state index >= 15 is 0 Å². The fraction of sp³-hybridized carbons (Fsp3) is 0.133. The molecule has 0 amide bonds. The molecule has 0 heterocycles. The maximum absolute atomic E-state index is 13.6. The number of carbonyl (C=O) groups is 1. The number of ether oxygens (including phenoxy) is 1. The van der Waals surface area contributed by atoms with Crippen LogP contribution in [0.25, 0.3) is 0 Å². The second-order valence-electron chi connectivity index (χ2n) is 4.52. The van der Waals surface area contributed by atoms with Crippen LogP contribution in [0, 0.1) is 15.9 Å². The summed E-state index contributed by atoms with van der Waals surface area (Å²) < 4.78 is 18.8. The van der Waals surface area contributed by atoms with Crippen molar-refractivity contribution in [2.45, 2.75) is 13.0 Å². The number of non-ortho nitro benzene ring substituents is 1. The first kappa shape index (κ1) is 15.9. The van der Waals surface area contributed by atoms with Gasteiger partial charge in [-0.15, -0.1) is 0 Å². The molecular formula is C15H11ClFNO4. The summed E-state index contributed by atoms with van der Waals surface area (Å²) in [5.41, 5.74) is 0.0803. The van der Waals surface area contributed by atoms with Gasteiger partial charge in [-0.25, -0.2) is 9.18 Å². The van der Waals surface area contributed by atoms with Gasteiger partial charge in [0, 0.05) is 17.2 Å². The Kier molecular flexibility index (Phi) is 4.72. The van der Waals surface area contributed by atoms with Crippen molar-refractivity contribution in [2.75, 3.05) is 0 Å². The van der Waals surface area contributed by atoms with Crippen LogP contribution in [-0.2, 0) is 4.74 Å². The molecule has 0 fully saturated rings. The Labute approximate surface area is 130 Å². The van der Waals surface area contributed by atoms with Crippen LogP contribution < -0.4 is 0 Å². The Hall–Kier alpha value is -2.47. The summed E-state index contributed by atoms with van der Waals surface area (Å²) in [6.45, 7) is 1.55. The highest BCUT2D eigenvalue weighted by molar-refractivity contribution is 6.30. The van der Waals surface area contributed by atoms with E-state index in [2.05, 4.69) is 0 Å². The molecule has 0 unspecified atom stereocenters. The Bertz CT molecular complexity index is 735. The van der Waals surface area contributed by atoms with Crippen LogP contribution in [0.4, 0.5) is 10.1 Å². The number of hydrogen-bond donors (Lipinski definition) is 0. The molecule has 2 aromatic rings. The maximum atomic E-state index is 13.6. The molecule has 2 rings (SSSR count). The van der Waals surface area contributed by atoms with Crippen molar-refractivity contribution in [3.05, 3.63) is 74.5 Å². The molecule has 1 atom stereocenters. The number of hydrogen-bond acceptors (Lipinski definition) is 4. The van der Waals surface area contributed by atoms with Crippen LogP contribution in [0.3, 0.4) is 0 Å². The molecule has 0 bridgehead atoms. The number of halogens is 2. The van der Waals surface area contributed by atoms with E-state index < -0.39 is 22.8 Å². The molecule has 0 aliphatic heterocycles. The molecule has 5 nitrogen and oxygen atoms in total. The molecule has 0 saturated heterocycles. The number of carbonyl (C=O) groups excluding carboxylic acids is 1. The largest absolute Gasteiger partial charge is 0.454 e. The zero-order valence-electron chi connectivity index (χ0n) is 11.5. The summed E-state index contributed by atoms with van der Waals surface area (Å²) >= 11 is 5.61. The minimum Gasteiger partial charge on any atom is -0.454 e. The minimum absolute atomic E-state index is 0.113. The lowest BCUT2D eigenvalue weighted by Crippen LogP contribution is -2.11. The topological polar surface area (TPSA) is 69.4 Å². The number of nitro groups is 1. The second-order valence-corrected chi connectivity index (χ2v) is 4.96. The lowest BCUT2D eigenvalue weighted by Gasteiger charge is -2.14. The Morgan fingerprint density at radius 3 is 2.68 bits per heavy atom. The molecule has 22 heavy (non-hydrogen) atoms. The SMILES string of the molecule is C[C@H](OC(=O)c1ccc(Cl)cc1F)c1cccc([N+](=O)[O-])c1. The van der Waals surface area contributed by atoms with Gasteiger partial charge < -0.3 is 4.74 Å². The summed E-state index contributed by atoms with van der Waals surface area (Å²) in [6, 6.07) is 9.31. The fourth-order valence-electron chi connectivity index (χ4n) is 1.84. The Morgan fingerprint density at radius 2 is 2.05 bits per heavy atom. The van der Waals surface area contributed by atoms with E-state index in [0.29, 0.717) is 5.56 Å². The average molecular weight is 324 g/mol. The van der Waals surface area contributed by atoms with Gasteiger partial charge in [0.05, 0.1) is 10.5 Å². The van der Waals surface area contributed by atoms with Gasteiger partial charge in [-0.05, 0) is 30.7 Å². The molecule has 0 aliphatic carbocycles. The van der Waals surface area contributed by atoms with Crippen molar-refractivity contribution in [3.63, 3.8) is 0 Å². The minimum atomic E-state index is -0.867. The van der Waals surface area contributed by atoms with Crippen molar-refractivity contribution in [1.82, 2.24) is 0 Å². The van der Waals surface area contributed by atoms with E-state index in [-0.39, 0.29) is 16.3 Å². The van der Waals surface area contributed by atoms with Gasteiger partial charge >= 0.3 is 5.97 Å². The molecule has 0 aliphatic rings. The third-order valence-corrected chi connectivity index (χ3v) is 3.22. The van der Waals surface area contributed by atoms with Gasteiger partial charge in [-0.1, -0.05) is 23.7 Å². The van der Waals surface area contributed by atoms with Gasteiger partial charge in [0.1, 0.15) is 11.9 Å². The van der Waals surface area contributed by atoms with Crippen molar-refractivity contribution in [3.8, 4) is 0 Å². The molecule has 0 saturated carbocycles. The van der Waals surface area contributed by atoms with Crippen molar-refractivity contribution in [2.24, 2.45) is 0 Å². The first-order chi connectivity index (χ1) is 10.4. The Morgan fingerprint density at radius 1 is 1.32 bits per heavy atom. The maximum Gasteiger partial charge on any atom is 0.341 e. The van der Waals surface area contributed by atoms with E-state index in [0.717, 1.165) is 6.07 Å². The van der Waals surface area contributed by atoms with Crippen LogP contribution >= 0.6 is 11.6 Å². The fourth-order valence-corrected chi connectivity index (χ4v) is 2.00. The van der Waals surface area contributed by atoms with Crippen LogP contribution in [-0.4, -0.2) is 10.9 Å². The van der Waals surface area contributed by atoms with Gasteiger partial charge in [-0.3, -0.25) is 10.1 Å². The molecule has 2 aromatic carbocycles. The summed E-state index contributed by atoms with van der Waals surface area (Å²) in [5.74, 6) is -1.66. The molecule has 0 spiro atoms. The number of rotatable bonds is 4. The Balaban J connectivity index is 2.17. The normalized spacial score (nSPS) is 11.8. The van der Waals surface area contributed by atoms with Crippen molar-refractivity contribution in [1.29, 1.82) is 0 Å². The third-order valence-electron chi connectivity index (χ3n) is 2.99. The quantitative estimate of drug-likeness (QED) is 0.477. The highest BCUT2D eigenvalue weighted by Gasteiger charge is 2.19. The van der Waals surface area contributed by atoms with E-state index in [1.807, 2.05) is 0 Å². The molecule has 0 N–H and O–H groups in total. The number of nitro benzene ring substituents is 1. The summed E-state index contributed by atoms with van der Waals surface area (Å²) in [5, 5.41) is 10.9. The predicted octanol–water partition coefficient (Wildman–Crippen LogP) is 4.31. The van der Waals surface area contributed by atoms with E-state index in [1.54, 1.807) is 13.0 Å².